The summed E-state index contributed by atoms with van der Waals surface area (Å²) in [5.41, 5.74) is 6.98. The molecule has 22 heavy (non-hydrogen) atoms. The number of carbonyl (C=O) groups is 1. The Bertz CT molecular complexity index is 625. The fourth-order valence-electron chi connectivity index (χ4n) is 1.81. The van der Waals surface area contributed by atoms with Crippen LogP contribution in [0.5, 0.6) is 0 Å². The molecule has 118 valence electrons. The lowest BCUT2D eigenvalue weighted by molar-refractivity contribution is 0.0948. The average molecular weight is 368 g/mol. The molecule has 1 amide bonds. The third-order valence-electron chi connectivity index (χ3n) is 3.17. The summed E-state index contributed by atoms with van der Waals surface area (Å²) in [5.74, 6) is -0.182. The number of aliphatic hydroxyl groups excluding tert-OH is 1. The number of benzene rings is 1. The number of hydrogen-bond acceptors (Lipinski definition) is 5. The van der Waals surface area contributed by atoms with Gasteiger partial charge < -0.3 is 20.6 Å². The fraction of sp³-hybridized carbons (Fsp3) is 0.333. The van der Waals surface area contributed by atoms with E-state index >= 15 is 0 Å². The highest BCUT2D eigenvalue weighted by atomic mass is 79.9. The zero-order valence-corrected chi connectivity index (χ0v) is 13.7. The highest BCUT2D eigenvalue weighted by molar-refractivity contribution is 9.10. The van der Waals surface area contributed by atoms with Gasteiger partial charge >= 0.3 is 0 Å². The molecule has 0 spiro atoms. The van der Waals surface area contributed by atoms with Gasteiger partial charge in [-0.1, -0.05) is 28.1 Å². The smallest absolute Gasteiger partial charge is 0.273 e. The van der Waals surface area contributed by atoms with Gasteiger partial charge in [0.15, 0.2) is 5.69 Å². The quantitative estimate of drug-likeness (QED) is 0.722. The van der Waals surface area contributed by atoms with Crippen molar-refractivity contribution in [2.24, 2.45) is 5.73 Å². The van der Waals surface area contributed by atoms with Crippen molar-refractivity contribution >= 4 is 21.8 Å². The predicted molar refractivity (Wildman–Crippen MR) is 85.3 cm³/mol. The molecule has 1 aromatic carbocycles. The number of oxazole rings is 1. The first kappa shape index (κ1) is 16.7. The van der Waals surface area contributed by atoms with Crippen molar-refractivity contribution in [1.82, 2.24) is 10.3 Å². The molecule has 0 saturated carbocycles. The normalized spacial score (nSPS) is 13.6. The Morgan fingerprint density at radius 2 is 2.14 bits per heavy atom. The first-order valence-corrected chi connectivity index (χ1v) is 7.68. The lowest BCUT2D eigenvalue weighted by Crippen LogP contribution is -2.27. The molecule has 1 heterocycles. The van der Waals surface area contributed by atoms with E-state index in [0.29, 0.717) is 6.54 Å². The largest absolute Gasteiger partial charge is 0.446 e. The Hall–Kier alpha value is -1.70. The van der Waals surface area contributed by atoms with Crippen molar-refractivity contribution in [3.8, 4) is 0 Å². The minimum Gasteiger partial charge on any atom is -0.446 e. The number of aromatic nitrogens is 1. The second-order valence-electron chi connectivity index (χ2n) is 4.97. The van der Waals surface area contributed by atoms with Crippen LogP contribution in [-0.4, -0.2) is 28.6 Å². The zero-order valence-electron chi connectivity index (χ0n) is 12.1. The summed E-state index contributed by atoms with van der Waals surface area (Å²) >= 11 is 3.37. The molecule has 2 rings (SSSR count). The van der Waals surface area contributed by atoms with E-state index in [-0.39, 0.29) is 17.5 Å². The predicted octanol–water partition coefficient (Wildman–Crippen LogP) is 1.79. The molecule has 0 bridgehead atoms. The minimum absolute atomic E-state index is 0.146. The lowest BCUT2D eigenvalue weighted by Gasteiger charge is -2.09. The molecule has 0 aliphatic rings. The number of rotatable bonds is 6. The topological polar surface area (TPSA) is 101 Å². The Labute approximate surface area is 136 Å². The molecule has 0 fully saturated rings. The van der Waals surface area contributed by atoms with Gasteiger partial charge in [-0.2, -0.15) is 0 Å². The molecule has 7 heteroatoms. The number of nitrogens with one attached hydrogen (secondary N) is 1. The molecule has 1 aromatic heterocycles. The number of halogens is 1. The molecule has 0 aliphatic carbocycles. The maximum absolute atomic E-state index is 12.0. The number of carbonyl (C=O) groups excluding carboxylic acids is 1. The maximum atomic E-state index is 12.0. The molecule has 0 saturated heterocycles. The highest BCUT2D eigenvalue weighted by Crippen LogP contribution is 2.14. The molecule has 6 nitrogen and oxygen atoms in total. The number of amides is 1. The van der Waals surface area contributed by atoms with Gasteiger partial charge in [0.25, 0.3) is 5.91 Å². The summed E-state index contributed by atoms with van der Waals surface area (Å²) in [6.45, 7) is 2.03. The van der Waals surface area contributed by atoms with Gasteiger partial charge in [-0.05, 0) is 31.0 Å². The van der Waals surface area contributed by atoms with Crippen LogP contribution in [0.15, 0.2) is 39.4 Å². The van der Waals surface area contributed by atoms with Crippen LogP contribution in [0.1, 0.15) is 34.9 Å². The van der Waals surface area contributed by atoms with E-state index in [1.165, 1.54) is 13.2 Å². The molecule has 0 aliphatic heterocycles. The van der Waals surface area contributed by atoms with Crippen LogP contribution >= 0.6 is 15.9 Å². The van der Waals surface area contributed by atoms with Gasteiger partial charge in [-0.15, -0.1) is 0 Å². The third-order valence-corrected chi connectivity index (χ3v) is 3.70. The van der Waals surface area contributed by atoms with E-state index in [0.717, 1.165) is 16.5 Å². The zero-order chi connectivity index (χ0) is 16.1. The summed E-state index contributed by atoms with van der Waals surface area (Å²) in [6.07, 6.45) is 1.16. The van der Waals surface area contributed by atoms with E-state index < -0.39 is 12.1 Å². The van der Waals surface area contributed by atoms with Crippen molar-refractivity contribution < 1.29 is 14.3 Å². The van der Waals surface area contributed by atoms with Gasteiger partial charge in [0, 0.05) is 11.0 Å². The van der Waals surface area contributed by atoms with Crippen LogP contribution in [0, 0.1) is 0 Å². The van der Waals surface area contributed by atoms with Crippen LogP contribution in [-0.2, 0) is 6.42 Å². The Morgan fingerprint density at radius 1 is 1.45 bits per heavy atom. The van der Waals surface area contributed by atoms with Crippen molar-refractivity contribution in [3.63, 3.8) is 0 Å². The van der Waals surface area contributed by atoms with E-state index in [2.05, 4.69) is 26.2 Å². The van der Waals surface area contributed by atoms with Crippen molar-refractivity contribution in [3.05, 3.63) is 52.1 Å². The number of nitrogens with two attached hydrogens (primary N) is 1. The van der Waals surface area contributed by atoms with E-state index in [9.17, 15) is 9.90 Å². The van der Waals surface area contributed by atoms with Crippen LogP contribution in [0.4, 0.5) is 0 Å². The van der Waals surface area contributed by atoms with Crippen LogP contribution in [0.25, 0.3) is 0 Å². The lowest BCUT2D eigenvalue weighted by atomic mass is 10.1. The molecular weight excluding hydrogens is 350 g/mol. The number of hydrogen-bond donors (Lipinski definition) is 3. The average Bonchev–Trinajstić information content (AvgIpc) is 2.98. The first-order valence-electron chi connectivity index (χ1n) is 6.89. The van der Waals surface area contributed by atoms with Gasteiger partial charge in [-0.25, -0.2) is 4.98 Å². The van der Waals surface area contributed by atoms with E-state index in [4.69, 9.17) is 10.2 Å². The molecule has 4 N–H and O–H groups in total. The Balaban J connectivity index is 1.86. The first-order chi connectivity index (χ1) is 10.5. The van der Waals surface area contributed by atoms with Crippen molar-refractivity contribution in [2.45, 2.75) is 25.5 Å². The van der Waals surface area contributed by atoms with E-state index in [1.807, 2.05) is 24.3 Å². The summed E-state index contributed by atoms with van der Waals surface area (Å²) in [6, 6.07) is 7.15. The maximum Gasteiger partial charge on any atom is 0.273 e. The number of nitrogens with zero attached hydrogens (tertiary/aromatic N) is 1. The second kappa shape index (κ2) is 7.53. The van der Waals surface area contributed by atoms with Crippen LogP contribution in [0.3, 0.4) is 0 Å². The summed E-state index contributed by atoms with van der Waals surface area (Å²) in [7, 11) is 0. The van der Waals surface area contributed by atoms with Gasteiger partial charge in [-0.3, -0.25) is 4.79 Å². The Morgan fingerprint density at radius 3 is 2.77 bits per heavy atom. The second-order valence-corrected chi connectivity index (χ2v) is 5.89. The fourth-order valence-corrected chi connectivity index (χ4v) is 2.08. The SMILES string of the molecule is CC(O)C(N)c1nc(C(=O)NCCc2ccc(Br)cc2)co1. The van der Waals surface area contributed by atoms with Crippen molar-refractivity contribution in [2.75, 3.05) is 6.54 Å². The summed E-state index contributed by atoms with van der Waals surface area (Å²) in [5, 5.41) is 12.1. The molecular formula is C15H18BrN3O3. The van der Waals surface area contributed by atoms with Crippen LogP contribution < -0.4 is 11.1 Å². The monoisotopic (exact) mass is 367 g/mol. The highest BCUT2D eigenvalue weighted by Gasteiger charge is 2.20. The standard InChI is InChI=1S/C15H18BrN3O3/c1-9(20)13(17)15-19-12(8-22-15)14(21)18-7-6-10-2-4-11(16)5-3-10/h2-5,8-9,13,20H,6-7,17H2,1H3,(H,18,21). The Kier molecular flexibility index (Phi) is 5.70. The molecule has 2 atom stereocenters. The molecule has 0 radical (unpaired) electrons. The number of aliphatic hydroxyl groups is 1. The molecule has 2 unspecified atom stereocenters. The molecule has 2 aromatic rings. The van der Waals surface area contributed by atoms with Crippen molar-refractivity contribution in [1.29, 1.82) is 0 Å². The third kappa shape index (κ3) is 4.40. The van der Waals surface area contributed by atoms with Gasteiger partial charge in [0.1, 0.15) is 12.3 Å². The summed E-state index contributed by atoms with van der Waals surface area (Å²) in [4.78, 5) is 15.9. The van der Waals surface area contributed by atoms with Crippen LogP contribution in [0.2, 0.25) is 0 Å². The van der Waals surface area contributed by atoms with Gasteiger partial charge in [0.2, 0.25) is 5.89 Å². The van der Waals surface area contributed by atoms with Gasteiger partial charge in [0.05, 0.1) is 6.10 Å². The van der Waals surface area contributed by atoms with E-state index in [1.54, 1.807) is 0 Å². The summed E-state index contributed by atoms with van der Waals surface area (Å²) < 4.78 is 6.14. The minimum atomic E-state index is -0.799.